The Morgan fingerprint density at radius 2 is 2.29 bits per heavy atom. The Morgan fingerprint density at radius 3 is 3.06 bits per heavy atom. The molecule has 0 bridgehead atoms. The van der Waals surface area contributed by atoms with Crippen molar-refractivity contribution in [2.75, 3.05) is 5.32 Å². The highest BCUT2D eigenvalue weighted by molar-refractivity contribution is 14.1. The van der Waals surface area contributed by atoms with Crippen LogP contribution in [-0.2, 0) is 0 Å². The summed E-state index contributed by atoms with van der Waals surface area (Å²) in [6.45, 7) is 0. The molecule has 0 atom stereocenters. The molecule has 2 rings (SSSR count). The number of halogens is 1. The van der Waals surface area contributed by atoms with E-state index in [2.05, 4.69) is 15.3 Å². The first-order valence-corrected chi connectivity index (χ1v) is 5.79. The fraction of sp³-hybridized carbons (Fsp3) is 0. The molecule has 1 heterocycles. The summed E-state index contributed by atoms with van der Waals surface area (Å²) in [4.78, 5) is 17.9. The van der Waals surface area contributed by atoms with Crippen molar-refractivity contribution in [3.63, 3.8) is 0 Å². The average Bonchev–Trinajstić information content (AvgIpc) is 2.35. The van der Waals surface area contributed by atoms with Crippen molar-refractivity contribution in [2.24, 2.45) is 0 Å². The maximum absolute atomic E-state index is 11.4. The van der Waals surface area contributed by atoms with Crippen LogP contribution in [0.5, 0.6) is 0 Å². The number of aromatic amines is 1. The van der Waals surface area contributed by atoms with Crippen molar-refractivity contribution >= 4 is 34.1 Å². The third-order valence-corrected chi connectivity index (χ3v) is 3.05. The summed E-state index contributed by atoms with van der Waals surface area (Å²) in [5, 5.41) is 11.8. The van der Waals surface area contributed by atoms with Crippen molar-refractivity contribution < 1.29 is 0 Å². The van der Waals surface area contributed by atoms with Gasteiger partial charge in [0.05, 0.1) is 18.0 Å². The minimum atomic E-state index is -0.195. The summed E-state index contributed by atoms with van der Waals surface area (Å²) in [6.07, 6.45) is 1.33. The molecule has 1 aromatic heterocycles. The van der Waals surface area contributed by atoms with Gasteiger partial charge in [-0.05, 0) is 40.8 Å². The summed E-state index contributed by atoms with van der Waals surface area (Å²) in [7, 11) is 0. The van der Waals surface area contributed by atoms with Crippen LogP contribution in [0.1, 0.15) is 5.56 Å². The molecule has 0 aliphatic rings. The Kier molecular flexibility index (Phi) is 3.39. The van der Waals surface area contributed by atoms with Crippen LogP contribution in [0.3, 0.4) is 0 Å². The maximum Gasteiger partial charge on any atom is 0.266 e. The van der Waals surface area contributed by atoms with Gasteiger partial charge in [0.25, 0.3) is 5.56 Å². The fourth-order valence-corrected chi connectivity index (χ4v) is 1.70. The van der Waals surface area contributed by atoms with Crippen LogP contribution in [0.2, 0.25) is 0 Å². The number of anilines is 2. The zero-order valence-electron chi connectivity index (χ0n) is 8.57. The van der Waals surface area contributed by atoms with Gasteiger partial charge >= 0.3 is 0 Å². The van der Waals surface area contributed by atoms with E-state index in [1.165, 1.54) is 6.33 Å². The number of H-pyrrole nitrogens is 1. The Balaban J connectivity index is 2.35. The molecule has 0 amide bonds. The van der Waals surface area contributed by atoms with Gasteiger partial charge < -0.3 is 10.3 Å². The summed E-state index contributed by atoms with van der Waals surface area (Å²) >= 11 is 1.92. The predicted molar refractivity (Wildman–Crippen MR) is 72.0 cm³/mol. The lowest BCUT2D eigenvalue weighted by molar-refractivity contribution is 1.10. The minimum Gasteiger partial charge on any atom is -0.339 e. The summed E-state index contributed by atoms with van der Waals surface area (Å²) in [6, 6.07) is 9.02. The van der Waals surface area contributed by atoms with E-state index in [1.807, 2.05) is 28.7 Å². The number of benzene rings is 1. The maximum atomic E-state index is 11.4. The number of hydrogen-bond acceptors (Lipinski definition) is 4. The summed E-state index contributed by atoms with van der Waals surface area (Å²) in [5.41, 5.74) is 1.08. The lowest BCUT2D eigenvalue weighted by Gasteiger charge is -2.06. The van der Waals surface area contributed by atoms with Gasteiger partial charge in [0.2, 0.25) is 0 Å². The van der Waals surface area contributed by atoms with E-state index >= 15 is 0 Å². The second-order valence-electron chi connectivity index (χ2n) is 3.21. The third-order valence-electron chi connectivity index (χ3n) is 2.05. The lowest BCUT2D eigenvalue weighted by atomic mass is 10.2. The van der Waals surface area contributed by atoms with E-state index < -0.39 is 0 Å². The highest BCUT2D eigenvalue weighted by Gasteiger charge is 2.05. The number of nitrogens with zero attached hydrogens (tertiary/aromatic N) is 2. The van der Waals surface area contributed by atoms with E-state index in [0.717, 1.165) is 5.69 Å². The molecular formula is C11H7IN4O. The molecule has 2 N–H and O–H groups in total. The van der Waals surface area contributed by atoms with E-state index in [9.17, 15) is 4.79 Å². The third kappa shape index (κ3) is 2.62. The number of aromatic nitrogens is 2. The number of hydrogen-bond donors (Lipinski definition) is 2. The standard InChI is InChI=1S/C11H7IN4O/c12-9-10(14-6-15-11(9)17)16-8-3-1-2-7(4-8)5-13/h1-4,6H,(H2,14,15,16,17). The predicted octanol–water partition coefficient (Wildman–Crippen LogP) is 1.99. The quantitative estimate of drug-likeness (QED) is 0.821. The average molecular weight is 338 g/mol. The van der Waals surface area contributed by atoms with Crippen LogP contribution in [0.25, 0.3) is 0 Å². The Bertz CT molecular complexity index is 644. The van der Waals surface area contributed by atoms with E-state index in [4.69, 9.17) is 5.26 Å². The number of nitriles is 1. The van der Waals surface area contributed by atoms with Gasteiger partial charge in [-0.15, -0.1) is 0 Å². The van der Waals surface area contributed by atoms with Gasteiger partial charge in [-0.25, -0.2) is 4.98 Å². The van der Waals surface area contributed by atoms with Gasteiger partial charge in [0.1, 0.15) is 3.57 Å². The minimum absolute atomic E-state index is 0.195. The van der Waals surface area contributed by atoms with Gasteiger partial charge in [-0.1, -0.05) is 6.07 Å². The van der Waals surface area contributed by atoms with Crippen LogP contribution in [0.15, 0.2) is 35.4 Å². The van der Waals surface area contributed by atoms with Gasteiger partial charge in [0, 0.05) is 5.69 Å². The molecule has 0 unspecified atom stereocenters. The zero-order chi connectivity index (χ0) is 12.3. The lowest BCUT2D eigenvalue weighted by Crippen LogP contribution is -2.12. The second kappa shape index (κ2) is 4.97. The molecule has 1 aromatic carbocycles. The molecule has 0 aliphatic heterocycles. The van der Waals surface area contributed by atoms with Crippen molar-refractivity contribution in [1.29, 1.82) is 5.26 Å². The van der Waals surface area contributed by atoms with Crippen molar-refractivity contribution in [3.05, 3.63) is 50.1 Å². The fourth-order valence-electron chi connectivity index (χ4n) is 1.27. The van der Waals surface area contributed by atoms with E-state index in [-0.39, 0.29) is 5.56 Å². The summed E-state index contributed by atoms with van der Waals surface area (Å²) < 4.78 is 0.479. The number of nitrogens with one attached hydrogen (secondary N) is 2. The molecule has 6 heteroatoms. The monoisotopic (exact) mass is 338 g/mol. The van der Waals surface area contributed by atoms with Crippen LogP contribution < -0.4 is 10.9 Å². The van der Waals surface area contributed by atoms with E-state index in [0.29, 0.717) is 15.0 Å². The molecule has 0 radical (unpaired) electrons. The first kappa shape index (κ1) is 11.6. The molecule has 0 fully saturated rings. The van der Waals surface area contributed by atoms with Gasteiger partial charge in [-0.3, -0.25) is 4.79 Å². The van der Waals surface area contributed by atoms with Crippen molar-refractivity contribution in [3.8, 4) is 6.07 Å². The molecule has 0 spiro atoms. The molecular weight excluding hydrogens is 331 g/mol. The zero-order valence-corrected chi connectivity index (χ0v) is 10.7. The number of rotatable bonds is 2. The highest BCUT2D eigenvalue weighted by Crippen LogP contribution is 2.17. The topological polar surface area (TPSA) is 81.6 Å². The van der Waals surface area contributed by atoms with Crippen LogP contribution in [0, 0.1) is 14.9 Å². The SMILES string of the molecule is N#Cc1cccc(Nc2nc[nH]c(=O)c2I)c1. The molecule has 84 valence electrons. The Morgan fingerprint density at radius 1 is 1.47 bits per heavy atom. The smallest absolute Gasteiger partial charge is 0.266 e. The molecule has 0 saturated heterocycles. The Hall–Kier alpha value is -1.88. The van der Waals surface area contributed by atoms with Crippen molar-refractivity contribution in [1.82, 2.24) is 9.97 Å². The molecule has 2 aromatic rings. The largest absolute Gasteiger partial charge is 0.339 e. The van der Waals surface area contributed by atoms with Crippen LogP contribution in [-0.4, -0.2) is 9.97 Å². The molecule has 17 heavy (non-hydrogen) atoms. The molecule has 0 aliphatic carbocycles. The first-order valence-electron chi connectivity index (χ1n) is 4.71. The van der Waals surface area contributed by atoms with E-state index in [1.54, 1.807) is 24.3 Å². The molecule has 0 saturated carbocycles. The first-order chi connectivity index (χ1) is 8.20. The van der Waals surface area contributed by atoms with Crippen molar-refractivity contribution in [2.45, 2.75) is 0 Å². The second-order valence-corrected chi connectivity index (χ2v) is 4.29. The molecule has 5 nitrogen and oxygen atoms in total. The van der Waals surface area contributed by atoms with Gasteiger partial charge in [-0.2, -0.15) is 5.26 Å². The summed E-state index contributed by atoms with van der Waals surface area (Å²) in [5.74, 6) is 0.476. The highest BCUT2D eigenvalue weighted by atomic mass is 127. The van der Waals surface area contributed by atoms with Gasteiger partial charge in [0.15, 0.2) is 5.82 Å². The normalized spacial score (nSPS) is 9.65. The Labute approximate surface area is 111 Å². The van der Waals surface area contributed by atoms with Crippen LogP contribution in [0.4, 0.5) is 11.5 Å². The van der Waals surface area contributed by atoms with Crippen LogP contribution >= 0.6 is 22.6 Å².